The monoisotopic (exact) mass is 303 g/mol. The Kier molecular flexibility index (Phi) is 6.27. The molecule has 1 saturated carbocycles. The zero-order chi connectivity index (χ0) is 13.9. The van der Waals surface area contributed by atoms with Gasteiger partial charge in [-0.25, -0.2) is 0 Å². The molecule has 20 heavy (non-hydrogen) atoms. The van der Waals surface area contributed by atoms with Crippen LogP contribution in [0.3, 0.4) is 0 Å². The zero-order valence-corrected chi connectivity index (χ0v) is 13.0. The van der Waals surface area contributed by atoms with Gasteiger partial charge in [-0.3, -0.25) is 9.59 Å². The molecule has 2 amide bonds. The molecule has 5 nitrogen and oxygen atoms in total. The van der Waals surface area contributed by atoms with E-state index in [0.717, 1.165) is 38.6 Å². The quantitative estimate of drug-likeness (QED) is 0.797. The maximum Gasteiger partial charge on any atom is 0.227 e. The number of halogens is 1. The summed E-state index contributed by atoms with van der Waals surface area (Å²) >= 11 is 0. The van der Waals surface area contributed by atoms with Gasteiger partial charge in [-0.15, -0.1) is 12.4 Å². The molecular weight excluding hydrogens is 278 g/mol. The van der Waals surface area contributed by atoms with Crippen LogP contribution in [-0.4, -0.2) is 42.4 Å². The van der Waals surface area contributed by atoms with Gasteiger partial charge in [0.2, 0.25) is 11.8 Å². The summed E-state index contributed by atoms with van der Waals surface area (Å²) in [4.78, 5) is 25.8. The summed E-state index contributed by atoms with van der Waals surface area (Å²) in [7, 11) is 0. The Morgan fingerprint density at radius 2 is 2.05 bits per heavy atom. The second-order valence-electron chi connectivity index (χ2n) is 6.01. The minimum absolute atomic E-state index is 0. The fourth-order valence-corrected chi connectivity index (χ4v) is 3.23. The number of nitrogens with one attached hydrogen (secondary N) is 1. The van der Waals surface area contributed by atoms with Gasteiger partial charge in [0.1, 0.15) is 0 Å². The molecule has 0 spiro atoms. The van der Waals surface area contributed by atoms with Crippen LogP contribution in [0.2, 0.25) is 0 Å². The first-order valence-electron chi connectivity index (χ1n) is 7.36. The smallest absolute Gasteiger partial charge is 0.227 e. The maximum absolute atomic E-state index is 12.4. The molecule has 116 valence electrons. The molecule has 2 aliphatic rings. The molecule has 0 aromatic heterocycles. The van der Waals surface area contributed by atoms with Gasteiger partial charge in [-0.05, 0) is 26.2 Å². The number of nitrogens with two attached hydrogens (primary N) is 1. The van der Waals surface area contributed by atoms with E-state index in [1.165, 1.54) is 0 Å². The van der Waals surface area contributed by atoms with Gasteiger partial charge in [0, 0.05) is 32.1 Å². The van der Waals surface area contributed by atoms with Gasteiger partial charge in [-0.1, -0.05) is 12.8 Å². The fourth-order valence-electron chi connectivity index (χ4n) is 3.23. The van der Waals surface area contributed by atoms with Gasteiger partial charge >= 0.3 is 0 Å². The molecule has 1 aliphatic heterocycles. The highest BCUT2D eigenvalue weighted by molar-refractivity contribution is 5.85. The highest BCUT2D eigenvalue weighted by atomic mass is 35.5. The van der Waals surface area contributed by atoms with Crippen molar-refractivity contribution in [2.24, 2.45) is 11.1 Å². The molecule has 6 heteroatoms. The lowest BCUT2D eigenvalue weighted by atomic mass is 9.85. The molecule has 1 aliphatic carbocycles. The van der Waals surface area contributed by atoms with Crippen LogP contribution in [0.25, 0.3) is 0 Å². The Morgan fingerprint density at radius 1 is 1.40 bits per heavy atom. The van der Waals surface area contributed by atoms with E-state index >= 15 is 0 Å². The summed E-state index contributed by atoms with van der Waals surface area (Å²) in [5.41, 5.74) is 5.45. The number of rotatable bonds is 5. The summed E-state index contributed by atoms with van der Waals surface area (Å²) in [6, 6.07) is -0.00132. The van der Waals surface area contributed by atoms with Crippen molar-refractivity contribution < 1.29 is 9.59 Å². The average molecular weight is 304 g/mol. The summed E-state index contributed by atoms with van der Waals surface area (Å²) in [5, 5.41) is 3.05. The number of hydrogen-bond donors (Lipinski definition) is 2. The first kappa shape index (κ1) is 17.2. The molecule has 1 heterocycles. The van der Waals surface area contributed by atoms with Crippen LogP contribution in [-0.2, 0) is 9.59 Å². The largest absolute Gasteiger partial charge is 0.351 e. The molecular formula is C14H26ClN3O2. The number of hydrogen-bond acceptors (Lipinski definition) is 3. The molecule has 1 unspecified atom stereocenters. The van der Waals surface area contributed by atoms with Gasteiger partial charge in [-0.2, -0.15) is 0 Å². The SMILES string of the molecule is CC(CN1CCCC1=O)NC(=O)C1(CN)CCCC1.Cl. The zero-order valence-electron chi connectivity index (χ0n) is 12.2. The molecule has 0 aromatic rings. The fraction of sp³-hybridized carbons (Fsp3) is 0.857. The Balaban J connectivity index is 0.00000200. The topological polar surface area (TPSA) is 75.4 Å². The number of likely N-dealkylation sites (tertiary alicyclic amines) is 1. The molecule has 0 aromatic carbocycles. The van der Waals surface area contributed by atoms with Crippen LogP contribution in [0.5, 0.6) is 0 Å². The van der Waals surface area contributed by atoms with E-state index in [4.69, 9.17) is 5.73 Å². The molecule has 2 fully saturated rings. The van der Waals surface area contributed by atoms with Crippen molar-refractivity contribution in [3.8, 4) is 0 Å². The Bertz CT molecular complexity index is 356. The predicted molar refractivity (Wildman–Crippen MR) is 80.6 cm³/mol. The van der Waals surface area contributed by atoms with Crippen LogP contribution >= 0.6 is 12.4 Å². The van der Waals surface area contributed by atoms with Gasteiger partial charge < -0.3 is 16.0 Å². The first-order chi connectivity index (χ1) is 9.07. The maximum atomic E-state index is 12.4. The van der Waals surface area contributed by atoms with Crippen LogP contribution < -0.4 is 11.1 Å². The van der Waals surface area contributed by atoms with E-state index in [9.17, 15) is 9.59 Å². The van der Waals surface area contributed by atoms with Crippen LogP contribution in [0.15, 0.2) is 0 Å². The summed E-state index contributed by atoms with van der Waals surface area (Å²) in [5.74, 6) is 0.280. The normalized spacial score (nSPS) is 22.5. The number of nitrogens with zero attached hydrogens (tertiary/aromatic N) is 1. The van der Waals surface area contributed by atoms with Crippen LogP contribution in [0, 0.1) is 5.41 Å². The molecule has 3 N–H and O–H groups in total. The molecule has 1 atom stereocenters. The van der Waals surface area contributed by atoms with Gasteiger partial charge in [0.05, 0.1) is 5.41 Å². The molecule has 1 saturated heterocycles. The Hall–Kier alpha value is -0.810. The summed E-state index contributed by atoms with van der Waals surface area (Å²) in [6.45, 7) is 3.82. The van der Waals surface area contributed by atoms with Crippen molar-refractivity contribution in [1.82, 2.24) is 10.2 Å². The van der Waals surface area contributed by atoms with E-state index in [-0.39, 0.29) is 35.7 Å². The lowest BCUT2D eigenvalue weighted by Crippen LogP contribution is -2.50. The summed E-state index contributed by atoms with van der Waals surface area (Å²) < 4.78 is 0. The van der Waals surface area contributed by atoms with Crippen molar-refractivity contribution in [2.75, 3.05) is 19.6 Å². The second kappa shape index (κ2) is 7.27. The van der Waals surface area contributed by atoms with E-state index in [1.54, 1.807) is 0 Å². The second-order valence-corrected chi connectivity index (χ2v) is 6.01. The van der Waals surface area contributed by atoms with Crippen LogP contribution in [0.4, 0.5) is 0 Å². The van der Waals surface area contributed by atoms with Crippen molar-refractivity contribution in [3.63, 3.8) is 0 Å². The lowest BCUT2D eigenvalue weighted by Gasteiger charge is -2.29. The van der Waals surface area contributed by atoms with Crippen molar-refractivity contribution in [1.29, 1.82) is 0 Å². The molecule has 0 radical (unpaired) electrons. The third-order valence-electron chi connectivity index (χ3n) is 4.48. The summed E-state index contributed by atoms with van der Waals surface area (Å²) in [6.07, 6.45) is 5.54. The highest BCUT2D eigenvalue weighted by Gasteiger charge is 2.40. The number of carbonyl (C=O) groups is 2. The third-order valence-corrected chi connectivity index (χ3v) is 4.48. The lowest BCUT2D eigenvalue weighted by molar-refractivity contribution is -0.132. The Labute approximate surface area is 127 Å². The van der Waals surface area contributed by atoms with E-state index in [2.05, 4.69) is 5.32 Å². The van der Waals surface area contributed by atoms with Crippen molar-refractivity contribution in [3.05, 3.63) is 0 Å². The number of amides is 2. The number of carbonyl (C=O) groups excluding carboxylic acids is 2. The van der Waals surface area contributed by atoms with E-state index < -0.39 is 0 Å². The highest BCUT2D eigenvalue weighted by Crippen LogP contribution is 2.37. The average Bonchev–Trinajstić information content (AvgIpc) is 3.00. The van der Waals surface area contributed by atoms with Crippen LogP contribution in [0.1, 0.15) is 45.4 Å². The predicted octanol–water partition coefficient (Wildman–Crippen LogP) is 1.05. The van der Waals surface area contributed by atoms with Gasteiger partial charge in [0.25, 0.3) is 0 Å². The Morgan fingerprint density at radius 3 is 2.55 bits per heavy atom. The third kappa shape index (κ3) is 3.64. The minimum Gasteiger partial charge on any atom is -0.351 e. The molecule has 0 bridgehead atoms. The first-order valence-corrected chi connectivity index (χ1v) is 7.36. The standard InChI is InChI=1S/C14H25N3O2.ClH/c1-11(9-17-8-4-5-12(17)18)16-13(19)14(10-15)6-2-3-7-14;/h11H,2-10,15H2,1H3,(H,16,19);1H. The van der Waals surface area contributed by atoms with Gasteiger partial charge in [0.15, 0.2) is 0 Å². The van der Waals surface area contributed by atoms with E-state index in [0.29, 0.717) is 19.5 Å². The molecule has 2 rings (SSSR count). The van der Waals surface area contributed by atoms with Crippen molar-refractivity contribution >= 4 is 24.2 Å². The van der Waals surface area contributed by atoms with E-state index in [1.807, 2.05) is 11.8 Å². The van der Waals surface area contributed by atoms with Crippen molar-refractivity contribution in [2.45, 2.75) is 51.5 Å². The minimum atomic E-state index is -0.358.